The van der Waals surface area contributed by atoms with Gasteiger partial charge >= 0.3 is 0 Å². The van der Waals surface area contributed by atoms with Crippen molar-refractivity contribution in [1.82, 2.24) is 19.3 Å². The van der Waals surface area contributed by atoms with E-state index in [1.807, 2.05) is 22.4 Å². The average molecular weight is 233 g/mol. The van der Waals surface area contributed by atoms with Gasteiger partial charge in [-0.05, 0) is 27.7 Å². The number of imidazole rings is 1. The van der Waals surface area contributed by atoms with Crippen LogP contribution in [-0.2, 0) is 12.1 Å². The minimum atomic E-state index is -0.0594. The van der Waals surface area contributed by atoms with Gasteiger partial charge in [0.25, 0.3) is 0 Å². The fourth-order valence-corrected chi connectivity index (χ4v) is 1.77. The Morgan fingerprint density at radius 1 is 1.35 bits per heavy atom. The lowest BCUT2D eigenvalue weighted by Gasteiger charge is -2.22. The number of nitrogens with zero attached hydrogens (tertiary/aromatic N) is 4. The predicted molar refractivity (Wildman–Crippen MR) is 68.5 cm³/mol. The van der Waals surface area contributed by atoms with Gasteiger partial charge in [-0.1, -0.05) is 0 Å². The van der Waals surface area contributed by atoms with Crippen molar-refractivity contribution in [3.8, 4) is 11.3 Å². The Bertz CT molecular complexity index is 515. The number of nitrogen functional groups attached to an aromatic ring is 1. The summed E-state index contributed by atoms with van der Waals surface area (Å²) in [7, 11) is 0. The number of nitrogens with two attached hydrogens (primary N) is 1. The van der Waals surface area contributed by atoms with Crippen molar-refractivity contribution >= 4 is 5.82 Å². The highest BCUT2D eigenvalue weighted by Gasteiger charge is 2.19. The molecule has 0 spiro atoms. The van der Waals surface area contributed by atoms with Gasteiger partial charge in [0, 0.05) is 23.8 Å². The van der Waals surface area contributed by atoms with E-state index >= 15 is 0 Å². The molecule has 0 atom stereocenters. The Hall–Kier alpha value is -1.78. The van der Waals surface area contributed by atoms with Gasteiger partial charge in [0.15, 0.2) is 0 Å². The van der Waals surface area contributed by atoms with Crippen molar-refractivity contribution in [2.75, 3.05) is 5.73 Å². The Morgan fingerprint density at radius 2 is 2.06 bits per heavy atom. The minimum absolute atomic E-state index is 0.0594. The topological polar surface area (TPSA) is 61.7 Å². The second kappa shape index (κ2) is 3.91. The summed E-state index contributed by atoms with van der Waals surface area (Å²) in [5, 5.41) is 4.24. The fraction of sp³-hybridized carbons (Fsp3) is 0.500. The van der Waals surface area contributed by atoms with Crippen LogP contribution in [0.2, 0.25) is 0 Å². The van der Waals surface area contributed by atoms with Crippen LogP contribution >= 0.6 is 0 Å². The summed E-state index contributed by atoms with van der Waals surface area (Å²) in [5.74, 6) is 0.688. The fourth-order valence-electron chi connectivity index (χ4n) is 1.77. The summed E-state index contributed by atoms with van der Waals surface area (Å²) in [6.45, 7) is 9.20. The SMILES string of the molecule is CCn1cc(-c2ncn(C(C)(C)C)c2N)cn1. The van der Waals surface area contributed by atoms with Gasteiger partial charge in [-0.3, -0.25) is 4.68 Å². The highest BCUT2D eigenvalue weighted by molar-refractivity contribution is 5.69. The van der Waals surface area contributed by atoms with Gasteiger partial charge in [-0.15, -0.1) is 0 Å². The standard InChI is InChI=1S/C12H19N5/c1-5-16-7-9(6-15-16)10-11(13)17(8-14-10)12(2,3)4/h6-8H,5,13H2,1-4H3. The van der Waals surface area contributed by atoms with Gasteiger partial charge in [-0.2, -0.15) is 5.10 Å². The number of hydrogen-bond donors (Lipinski definition) is 1. The Kier molecular flexibility index (Phi) is 2.69. The molecule has 0 unspecified atom stereocenters. The zero-order chi connectivity index (χ0) is 12.6. The maximum atomic E-state index is 6.14. The zero-order valence-corrected chi connectivity index (χ0v) is 10.8. The van der Waals surface area contributed by atoms with Crippen LogP contribution in [0.25, 0.3) is 11.3 Å². The van der Waals surface area contributed by atoms with Crippen LogP contribution in [0.1, 0.15) is 27.7 Å². The van der Waals surface area contributed by atoms with Crippen molar-refractivity contribution in [3.05, 3.63) is 18.7 Å². The van der Waals surface area contributed by atoms with Crippen LogP contribution in [0.4, 0.5) is 5.82 Å². The highest BCUT2D eigenvalue weighted by Crippen LogP contribution is 2.28. The smallest absolute Gasteiger partial charge is 0.132 e. The van der Waals surface area contributed by atoms with Crippen molar-refractivity contribution in [2.24, 2.45) is 0 Å². The van der Waals surface area contributed by atoms with E-state index in [0.717, 1.165) is 17.8 Å². The highest BCUT2D eigenvalue weighted by atomic mass is 15.3. The van der Waals surface area contributed by atoms with Gasteiger partial charge in [0.05, 0.1) is 12.5 Å². The summed E-state index contributed by atoms with van der Waals surface area (Å²) >= 11 is 0. The van der Waals surface area contributed by atoms with E-state index in [4.69, 9.17) is 5.73 Å². The lowest BCUT2D eigenvalue weighted by Crippen LogP contribution is -2.22. The first-order valence-electron chi connectivity index (χ1n) is 5.79. The summed E-state index contributed by atoms with van der Waals surface area (Å²) in [6.07, 6.45) is 5.55. The van der Waals surface area contributed by atoms with Crippen LogP contribution < -0.4 is 5.73 Å². The number of hydrogen-bond acceptors (Lipinski definition) is 3. The maximum absolute atomic E-state index is 6.14. The number of rotatable bonds is 2. The molecule has 5 nitrogen and oxygen atoms in total. The predicted octanol–water partition coefficient (Wildman–Crippen LogP) is 2.10. The number of aromatic nitrogens is 4. The molecule has 0 aliphatic carbocycles. The Morgan fingerprint density at radius 3 is 2.53 bits per heavy atom. The van der Waals surface area contributed by atoms with Gasteiger partial charge in [0.1, 0.15) is 11.5 Å². The van der Waals surface area contributed by atoms with E-state index < -0.39 is 0 Å². The molecule has 0 aliphatic rings. The third-order valence-electron chi connectivity index (χ3n) is 2.76. The third-order valence-corrected chi connectivity index (χ3v) is 2.76. The summed E-state index contributed by atoms with van der Waals surface area (Å²) in [6, 6.07) is 0. The van der Waals surface area contributed by atoms with Crippen molar-refractivity contribution < 1.29 is 0 Å². The number of aryl methyl sites for hydroxylation is 1. The molecular formula is C12H19N5. The molecule has 2 rings (SSSR count). The first-order chi connectivity index (χ1) is 7.93. The molecule has 0 amide bonds. The molecule has 17 heavy (non-hydrogen) atoms. The monoisotopic (exact) mass is 233 g/mol. The second-order valence-corrected chi connectivity index (χ2v) is 5.10. The lowest BCUT2D eigenvalue weighted by atomic mass is 10.1. The van der Waals surface area contributed by atoms with E-state index in [1.165, 1.54) is 0 Å². The van der Waals surface area contributed by atoms with Crippen LogP contribution in [0.5, 0.6) is 0 Å². The van der Waals surface area contributed by atoms with Crippen LogP contribution in [0.15, 0.2) is 18.7 Å². The lowest BCUT2D eigenvalue weighted by molar-refractivity contribution is 0.402. The molecule has 0 fully saturated rings. The largest absolute Gasteiger partial charge is 0.383 e. The first-order valence-corrected chi connectivity index (χ1v) is 5.79. The minimum Gasteiger partial charge on any atom is -0.383 e. The molecule has 0 radical (unpaired) electrons. The molecule has 0 aromatic carbocycles. The summed E-state index contributed by atoms with van der Waals surface area (Å²) in [5.41, 5.74) is 7.85. The van der Waals surface area contributed by atoms with Crippen molar-refractivity contribution in [3.63, 3.8) is 0 Å². The average Bonchev–Trinajstić information content (AvgIpc) is 2.82. The van der Waals surface area contributed by atoms with Gasteiger partial charge < -0.3 is 10.3 Å². The normalized spacial score (nSPS) is 12.0. The molecule has 2 aromatic rings. The molecule has 92 valence electrons. The summed E-state index contributed by atoms with van der Waals surface area (Å²) < 4.78 is 3.84. The van der Waals surface area contributed by atoms with Crippen LogP contribution in [0.3, 0.4) is 0 Å². The Labute approximate surface area is 101 Å². The van der Waals surface area contributed by atoms with E-state index in [2.05, 4.69) is 30.9 Å². The van der Waals surface area contributed by atoms with Crippen molar-refractivity contribution in [1.29, 1.82) is 0 Å². The maximum Gasteiger partial charge on any atom is 0.132 e. The van der Waals surface area contributed by atoms with E-state index in [1.54, 1.807) is 12.5 Å². The van der Waals surface area contributed by atoms with Gasteiger partial charge in [0.2, 0.25) is 0 Å². The molecule has 0 bridgehead atoms. The molecule has 2 aromatic heterocycles. The zero-order valence-electron chi connectivity index (χ0n) is 10.8. The second-order valence-electron chi connectivity index (χ2n) is 5.10. The first kappa shape index (κ1) is 11.7. The van der Waals surface area contributed by atoms with E-state index in [9.17, 15) is 0 Å². The van der Waals surface area contributed by atoms with Gasteiger partial charge in [-0.25, -0.2) is 4.98 Å². The van der Waals surface area contributed by atoms with Crippen LogP contribution in [0, 0.1) is 0 Å². The van der Waals surface area contributed by atoms with E-state index in [0.29, 0.717) is 5.82 Å². The molecule has 2 heterocycles. The van der Waals surface area contributed by atoms with Crippen molar-refractivity contribution in [2.45, 2.75) is 39.8 Å². The quantitative estimate of drug-likeness (QED) is 0.864. The molecule has 0 aliphatic heterocycles. The summed E-state index contributed by atoms with van der Waals surface area (Å²) in [4.78, 5) is 4.38. The molecule has 0 saturated carbocycles. The van der Waals surface area contributed by atoms with Crippen LogP contribution in [-0.4, -0.2) is 19.3 Å². The molecule has 5 heteroatoms. The van der Waals surface area contributed by atoms with E-state index in [-0.39, 0.29) is 5.54 Å². The Balaban J connectivity index is 2.44. The third kappa shape index (κ3) is 2.05. The molecule has 0 saturated heterocycles. The molecular weight excluding hydrogens is 214 g/mol. The molecule has 2 N–H and O–H groups in total. The number of anilines is 1.